The lowest BCUT2D eigenvalue weighted by Gasteiger charge is -2.34. The second-order valence-electron chi connectivity index (χ2n) is 5.78. The van der Waals surface area contributed by atoms with Crippen molar-refractivity contribution >= 4 is 0 Å². The zero-order valence-corrected chi connectivity index (χ0v) is 11.5. The van der Waals surface area contributed by atoms with Crippen LogP contribution in [0.3, 0.4) is 0 Å². The van der Waals surface area contributed by atoms with E-state index in [1.54, 1.807) is 0 Å². The summed E-state index contributed by atoms with van der Waals surface area (Å²) in [7, 11) is 1.93. The Morgan fingerprint density at radius 3 is 2.72 bits per heavy atom. The molecule has 0 N–H and O–H groups in total. The van der Waals surface area contributed by atoms with Crippen molar-refractivity contribution in [2.45, 2.75) is 51.9 Å². The Morgan fingerprint density at radius 1 is 1.50 bits per heavy atom. The van der Waals surface area contributed by atoms with Gasteiger partial charge < -0.3 is 0 Å². The highest BCUT2D eigenvalue weighted by molar-refractivity contribution is 5.11. The summed E-state index contributed by atoms with van der Waals surface area (Å²) >= 11 is 0. The molecule has 0 aromatic carbocycles. The zero-order chi connectivity index (χ0) is 13.0. The maximum Gasteiger partial charge on any atom is 0.0693 e. The molecule has 0 saturated heterocycles. The second kappa shape index (κ2) is 5.56. The average Bonchev–Trinajstić information content (AvgIpc) is 2.78. The monoisotopic (exact) mass is 245 g/mol. The van der Waals surface area contributed by atoms with Gasteiger partial charge in [-0.05, 0) is 37.7 Å². The van der Waals surface area contributed by atoms with Crippen LogP contribution >= 0.6 is 0 Å². The molecule has 0 spiro atoms. The minimum atomic E-state index is -0.154. The number of nitriles is 1. The van der Waals surface area contributed by atoms with E-state index in [1.165, 1.54) is 25.7 Å². The van der Waals surface area contributed by atoms with E-state index in [1.807, 2.05) is 24.0 Å². The summed E-state index contributed by atoms with van der Waals surface area (Å²) in [6.07, 6.45) is 9.90. The first-order valence-corrected chi connectivity index (χ1v) is 7.07. The molecule has 1 aromatic rings. The van der Waals surface area contributed by atoms with E-state index in [9.17, 15) is 5.26 Å². The van der Waals surface area contributed by atoms with Gasteiger partial charge in [0.1, 0.15) is 0 Å². The maximum atomic E-state index is 9.54. The van der Waals surface area contributed by atoms with Gasteiger partial charge in [0, 0.05) is 19.7 Å². The summed E-state index contributed by atoms with van der Waals surface area (Å²) in [6.45, 7) is 2.25. The van der Waals surface area contributed by atoms with Crippen molar-refractivity contribution in [2.24, 2.45) is 18.4 Å². The van der Waals surface area contributed by atoms with Crippen molar-refractivity contribution in [1.82, 2.24) is 9.78 Å². The summed E-state index contributed by atoms with van der Waals surface area (Å²) < 4.78 is 1.82. The third-order valence-corrected chi connectivity index (χ3v) is 4.28. The van der Waals surface area contributed by atoms with Gasteiger partial charge in [-0.3, -0.25) is 4.68 Å². The van der Waals surface area contributed by atoms with Crippen molar-refractivity contribution in [3.8, 4) is 6.07 Å². The lowest BCUT2D eigenvalue weighted by atomic mass is 9.68. The molecular formula is C15H23N3. The van der Waals surface area contributed by atoms with Crippen LogP contribution in [0.1, 0.15) is 51.1 Å². The first-order chi connectivity index (χ1) is 8.67. The van der Waals surface area contributed by atoms with Crippen LogP contribution in [0.4, 0.5) is 0 Å². The highest BCUT2D eigenvalue weighted by Crippen LogP contribution is 2.42. The fourth-order valence-corrected chi connectivity index (χ4v) is 3.16. The zero-order valence-electron chi connectivity index (χ0n) is 11.5. The van der Waals surface area contributed by atoms with Crippen LogP contribution in [0.15, 0.2) is 12.3 Å². The molecule has 0 unspecified atom stereocenters. The van der Waals surface area contributed by atoms with E-state index in [2.05, 4.69) is 18.1 Å². The first-order valence-electron chi connectivity index (χ1n) is 7.07. The van der Waals surface area contributed by atoms with Crippen LogP contribution in [0, 0.1) is 22.7 Å². The molecule has 3 nitrogen and oxygen atoms in total. The fourth-order valence-electron chi connectivity index (χ4n) is 3.16. The molecule has 0 aliphatic heterocycles. The SMILES string of the molecule is CCCC1CCC(C#N)(Cc2ccn(C)n2)CC1. The molecule has 3 heteroatoms. The van der Waals surface area contributed by atoms with Gasteiger partial charge in [0.25, 0.3) is 0 Å². The Labute approximate surface area is 110 Å². The highest BCUT2D eigenvalue weighted by atomic mass is 15.2. The van der Waals surface area contributed by atoms with E-state index in [4.69, 9.17) is 0 Å². The molecule has 2 rings (SSSR count). The molecule has 18 heavy (non-hydrogen) atoms. The van der Waals surface area contributed by atoms with E-state index in [0.717, 1.165) is 30.9 Å². The molecule has 98 valence electrons. The van der Waals surface area contributed by atoms with Crippen molar-refractivity contribution in [2.75, 3.05) is 0 Å². The Morgan fingerprint density at radius 2 is 2.22 bits per heavy atom. The number of aryl methyl sites for hydroxylation is 1. The Kier molecular flexibility index (Phi) is 4.06. The predicted molar refractivity (Wildman–Crippen MR) is 71.8 cm³/mol. The number of aromatic nitrogens is 2. The van der Waals surface area contributed by atoms with Crippen molar-refractivity contribution in [3.05, 3.63) is 18.0 Å². The van der Waals surface area contributed by atoms with Gasteiger partial charge >= 0.3 is 0 Å². The van der Waals surface area contributed by atoms with Gasteiger partial charge in [-0.2, -0.15) is 10.4 Å². The molecule has 1 aliphatic rings. The third kappa shape index (κ3) is 2.93. The van der Waals surface area contributed by atoms with Gasteiger partial charge in [-0.1, -0.05) is 19.8 Å². The Balaban J connectivity index is 1.99. The summed E-state index contributed by atoms with van der Waals surface area (Å²) in [6, 6.07) is 4.63. The van der Waals surface area contributed by atoms with Crippen LogP contribution in [0.2, 0.25) is 0 Å². The van der Waals surface area contributed by atoms with Crippen LogP contribution < -0.4 is 0 Å². The topological polar surface area (TPSA) is 41.6 Å². The lowest BCUT2D eigenvalue weighted by molar-refractivity contribution is 0.199. The van der Waals surface area contributed by atoms with Crippen LogP contribution in [0.25, 0.3) is 0 Å². The van der Waals surface area contributed by atoms with Crippen LogP contribution in [-0.2, 0) is 13.5 Å². The molecule has 1 aliphatic carbocycles. The summed E-state index contributed by atoms with van der Waals surface area (Å²) in [5.74, 6) is 0.847. The van der Waals surface area contributed by atoms with E-state index in [-0.39, 0.29) is 5.41 Å². The van der Waals surface area contributed by atoms with E-state index < -0.39 is 0 Å². The summed E-state index contributed by atoms with van der Waals surface area (Å²) in [4.78, 5) is 0. The molecule has 0 bridgehead atoms. The molecule has 1 fully saturated rings. The number of hydrogen-bond donors (Lipinski definition) is 0. The van der Waals surface area contributed by atoms with Crippen molar-refractivity contribution in [3.63, 3.8) is 0 Å². The van der Waals surface area contributed by atoms with E-state index >= 15 is 0 Å². The largest absolute Gasteiger partial charge is 0.276 e. The standard InChI is InChI=1S/C15H23N3/c1-3-4-13-5-8-15(12-16,9-6-13)11-14-7-10-18(2)17-14/h7,10,13H,3-6,8-9,11H2,1-2H3. The van der Waals surface area contributed by atoms with Gasteiger partial charge in [0.05, 0.1) is 17.2 Å². The van der Waals surface area contributed by atoms with Crippen LogP contribution in [0.5, 0.6) is 0 Å². The molecular weight excluding hydrogens is 222 g/mol. The highest BCUT2D eigenvalue weighted by Gasteiger charge is 2.35. The molecule has 0 radical (unpaired) electrons. The van der Waals surface area contributed by atoms with Crippen molar-refractivity contribution < 1.29 is 0 Å². The molecule has 1 aromatic heterocycles. The second-order valence-corrected chi connectivity index (χ2v) is 5.78. The number of hydrogen-bond acceptors (Lipinski definition) is 2. The normalized spacial score (nSPS) is 27.9. The summed E-state index contributed by atoms with van der Waals surface area (Å²) in [5, 5.41) is 14.0. The average molecular weight is 245 g/mol. The first kappa shape index (κ1) is 13.1. The molecule has 1 heterocycles. The van der Waals surface area contributed by atoms with Crippen molar-refractivity contribution in [1.29, 1.82) is 5.26 Å². The van der Waals surface area contributed by atoms with E-state index in [0.29, 0.717) is 0 Å². The molecule has 0 amide bonds. The smallest absolute Gasteiger partial charge is 0.0693 e. The predicted octanol–water partition coefficient (Wildman–Crippen LogP) is 3.46. The number of rotatable bonds is 4. The Hall–Kier alpha value is -1.30. The van der Waals surface area contributed by atoms with Gasteiger partial charge in [-0.25, -0.2) is 0 Å². The minimum Gasteiger partial charge on any atom is -0.276 e. The molecule has 1 saturated carbocycles. The minimum absolute atomic E-state index is 0.154. The van der Waals surface area contributed by atoms with Gasteiger partial charge in [0.2, 0.25) is 0 Å². The Bertz CT molecular complexity index is 419. The third-order valence-electron chi connectivity index (χ3n) is 4.28. The quantitative estimate of drug-likeness (QED) is 0.815. The maximum absolute atomic E-state index is 9.54. The summed E-state index contributed by atoms with van der Waals surface area (Å²) in [5.41, 5.74) is 0.909. The fraction of sp³-hybridized carbons (Fsp3) is 0.733. The van der Waals surface area contributed by atoms with Crippen LogP contribution in [-0.4, -0.2) is 9.78 Å². The molecule has 0 atom stereocenters. The lowest BCUT2D eigenvalue weighted by Crippen LogP contribution is -2.28. The van der Waals surface area contributed by atoms with Gasteiger partial charge in [-0.15, -0.1) is 0 Å². The van der Waals surface area contributed by atoms with Gasteiger partial charge in [0.15, 0.2) is 0 Å². The number of nitrogens with zero attached hydrogens (tertiary/aromatic N) is 3.